The van der Waals surface area contributed by atoms with Crippen molar-refractivity contribution in [3.8, 4) is 0 Å². The molecule has 9 nitrogen and oxygen atoms in total. The van der Waals surface area contributed by atoms with E-state index in [0.717, 1.165) is 42.2 Å². The molecule has 4 rings (SSSR count). The van der Waals surface area contributed by atoms with Gasteiger partial charge in [-0.1, -0.05) is 96.2 Å². The average molecular weight is 598 g/mol. The molecule has 3 aromatic rings. The third-order valence-electron chi connectivity index (χ3n) is 6.48. The Kier molecular flexibility index (Phi) is 13.0. The Morgan fingerprint density at radius 2 is 1.40 bits per heavy atom. The van der Waals surface area contributed by atoms with E-state index in [2.05, 4.69) is 5.16 Å². The van der Waals surface area contributed by atoms with Crippen LogP contribution >= 0.6 is 0 Å². The molecule has 3 aromatic carbocycles. The molecular formula is C32H39NO8S. The average Bonchev–Trinajstić information content (AvgIpc) is 3.01. The van der Waals surface area contributed by atoms with Gasteiger partial charge in [-0.05, 0) is 29.5 Å². The fourth-order valence-corrected chi connectivity index (χ4v) is 5.01. The standard InChI is InChI=1S/C32H39NO8S/c1-42(34,35)41-30(25-36-22-26-13-5-2-6-14-26)32(39-24-28-17-9-4-10-18-28)29(38-23-27-15-7-3-8-16-27)21-33-40-31-19-11-12-20-37-31/h2-10,13-18,21,29-32H,11-12,19-20,22-25H2,1H3/b33-21+/t29-,30+,31?,32+/m1/s1. The number of oxime groups is 1. The third kappa shape index (κ3) is 11.6. The Morgan fingerprint density at radius 1 is 0.833 bits per heavy atom. The fraction of sp³-hybridized carbons (Fsp3) is 0.406. The Balaban J connectivity index is 1.58. The van der Waals surface area contributed by atoms with Crippen LogP contribution in [0, 0.1) is 0 Å². The second kappa shape index (κ2) is 17.1. The molecule has 1 heterocycles. The third-order valence-corrected chi connectivity index (χ3v) is 7.07. The summed E-state index contributed by atoms with van der Waals surface area (Å²) in [5.74, 6) is 0. The van der Waals surface area contributed by atoms with Crippen molar-refractivity contribution >= 4 is 16.3 Å². The zero-order chi connectivity index (χ0) is 29.5. The van der Waals surface area contributed by atoms with Gasteiger partial charge in [0.15, 0.2) is 0 Å². The van der Waals surface area contributed by atoms with Gasteiger partial charge in [-0.2, -0.15) is 8.42 Å². The first-order valence-corrected chi connectivity index (χ1v) is 15.9. The van der Waals surface area contributed by atoms with Crippen molar-refractivity contribution in [1.29, 1.82) is 0 Å². The lowest BCUT2D eigenvalue weighted by molar-refractivity contribution is -0.163. The largest absolute Gasteiger partial charge is 0.374 e. The summed E-state index contributed by atoms with van der Waals surface area (Å²) in [6.07, 6.45) is 1.89. The van der Waals surface area contributed by atoms with Crippen LogP contribution in [-0.4, -0.2) is 58.7 Å². The molecular weight excluding hydrogens is 558 g/mol. The molecule has 1 saturated heterocycles. The lowest BCUT2D eigenvalue weighted by atomic mass is 10.1. The van der Waals surface area contributed by atoms with Gasteiger partial charge in [-0.15, -0.1) is 0 Å². The minimum absolute atomic E-state index is 0.0763. The summed E-state index contributed by atoms with van der Waals surface area (Å²) in [5, 5.41) is 4.19. The minimum atomic E-state index is -3.90. The van der Waals surface area contributed by atoms with Gasteiger partial charge >= 0.3 is 0 Å². The summed E-state index contributed by atoms with van der Waals surface area (Å²) in [5.41, 5.74) is 2.77. The van der Waals surface area contributed by atoms with E-state index in [1.54, 1.807) is 0 Å². The molecule has 1 aliphatic rings. The number of ether oxygens (including phenoxy) is 4. The number of rotatable bonds is 17. The van der Waals surface area contributed by atoms with Crippen molar-refractivity contribution in [3.63, 3.8) is 0 Å². The fourth-order valence-electron chi connectivity index (χ4n) is 4.40. The van der Waals surface area contributed by atoms with Crippen molar-refractivity contribution in [3.05, 3.63) is 108 Å². The highest BCUT2D eigenvalue weighted by Gasteiger charge is 2.35. The van der Waals surface area contributed by atoms with Gasteiger partial charge in [0, 0.05) is 6.42 Å². The van der Waals surface area contributed by atoms with Crippen molar-refractivity contribution in [2.45, 2.75) is 63.7 Å². The van der Waals surface area contributed by atoms with Crippen molar-refractivity contribution in [2.75, 3.05) is 19.5 Å². The van der Waals surface area contributed by atoms with E-state index in [0.29, 0.717) is 6.61 Å². The number of hydrogen-bond acceptors (Lipinski definition) is 9. The quantitative estimate of drug-likeness (QED) is 0.118. The van der Waals surface area contributed by atoms with Gasteiger partial charge in [0.1, 0.15) is 18.3 Å². The predicted molar refractivity (Wildman–Crippen MR) is 159 cm³/mol. The summed E-state index contributed by atoms with van der Waals surface area (Å²) in [7, 11) is -3.90. The van der Waals surface area contributed by atoms with Gasteiger partial charge in [0.05, 0.1) is 45.5 Å². The van der Waals surface area contributed by atoms with Gasteiger partial charge in [0.25, 0.3) is 10.1 Å². The summed E-state index contributed by atoms with van der Waals surface area (Å²) >= 11 is 0. The minimum Gasteiger partial charge on any atom is -0.374 e. The summed E-state index contributed by atoms with van der Waals surface area (Å²) in [6, 6.07) is 28.8. The molecule has 0 aliphatic carbocycles. The number of benzene rings is 3. The summed E-state index contributed by atoms with van der Waals surface area (Å²) in [6.45, 7) is 1.20. The van der Waals surface area contributed by atoms with E-state index in [4.69, 9.17) is 28.0 Å². The first-order valence-electron chi connectivity index (χ1n) is 14.1. The van der Waals surface area contributed by atoms with E-state index in [1.165, 1.54) is 6.21 Å². The number of hydrogen-bond donors (Lipinski definition) is 0. The molecule has 0 aromatic heterocycles. The molecule has 1 fully saturated rings. The molecule has 226 valence electrons. The zero-order valence-electron chi connectivity index (χ0n) is 23.8. The van der Waals surface area contributed by atoms with E-state index < -0.39 is 34.7 Å². The maximum Gasteiger partial charge on any atom is 0.264 e. The molecule has 10 heteroatoms. The lowest BCUT2D eigenvalue weighted by Crippen LogP contribution is -2.46. The Bertz CT molecular complexity index is 1290. The van der Waals surface area contributed by atoms with Crippen molar-refractivity contribution < 1.29 is 36.4 Å². The van der Waals surface area contributed by atoms with Crippen LogP contribution in [0.25, 0.3) is 0 Å². The van der Waals surface area contributed by atoms with Crippen LogP contribution < -0.4 is 0 Å². The highest BCUT2D eigenvalue weighted by atomic mass is 32.2. The maximum absolute atomic E-state index is 12.4. The Hall–Kier alpha value is -3.12. The van der Waals surface area contributed by atoms with Crippen LogP contribution in [-0.2, 0) is 57.9 Å². The van der Waals surface area contributed by atoms with Gasteiger partial charge in [-0.3, -0.25) is 4.18 Å². The van der Waals surface area contributed by atoms with Crippen LogP contribution in [0.1, 0.15) is 36.0 Å². The Labute approximate surface area is 248 Å². The molecule has 0 spiro atoms. The second-order valence-electron chi connectivity index (χ2n) is 10.0. The van der Waals surface area contributed by atoms with Crippen molar-refractivity contribution in [2.24, 2.45) is 5.16 Å². The van der Waals surface area contributed by atoms with Crippen LogP contribution in [0.15, 0.2) is 96.2 Å². The molecule has 4 atom stereocenters. The molecule has 0 bridgehead atoms. The van der Waals surface area contributed by atoms with Crippen molar-refractivity contribution in [1.82, 2.24) is 0 Å². The smallest absolute Gasteiger partial charge is 0.264 e. The number of nitrogens with zero attached hydrogens (tertiary/aromatic N) is 1. The van der Waals surface area contributed by atoms with Crippen LogP contribution in [0.2, 0.25) is 0 Å². The molecule has 0 radical (unpaired) electrons. The summed E-state index contributed by atoms with van der Waals surface area (Å²) < 4.78 is 54.7. The van der Waals surface area contributed by atoms with E-state index >= 15 is 0 Å². The summed E-state index contributed by atoms with van der Waals surface area (Å²) in [4.78, 5) is 5.62. The predicted octanol–water partition coefficient (Wildman–Crippen LogP) is 5.25. The highest BCUT2D eigenvalue weighted by Crippen LogP contribution is 2.20. The maximum atomic E-state index is 12.4. The van der Waals surface area contributed by atoms with E-state index in [9.17, 15) is 8.42 Å². The molecule has 1 unspecified atom stereocenters. The van der Waals surface area contributed by atoms with Crippen LogP contribution in [0.4, 0.5) is 0 Å². The molecule has 0 N–H and O–H groups in total. The van der Waals surface area contributed by atoms with E-state index in [-0.39, 0.29) is 26.4 Å². The van der Waals surface area contributed by atoms with Crippen LogP contribution in [0.3, 0.4) is 0 Å². The normalized spacial score (nSPS) is 18.0. The zero-order valence-corrected chi connectivity index (χ0v) is 24.6. The molecule has 0 amide bonds. The van der Waals surface area contributed by atoms with E-state index in [1.807, 2.05) is 91.0 Å². The topological polar surface area (TPSA) is 102 Å². The lowest BCUT2D eigenvalue weighted by Gasteiger charge is -2.31. The second-order valence-corrected chi connectivity index (χ2v) is 11.6. The highest BCUT2D eigenvalue weighted by molar-refractivity contribution is 7.86. The molecule has 42 heavy (non-hydrogen) atoms. The van der Waals surface area contributed by atoms with Crippen LogP contribution in [0.5, 0.6) is 0 Å². The SMILES string of the molecule is CS(=O)(=O)O[C@@H](COCc1ccccc1)[C@@H](OCc1ccccc1)[C@@H](/C=N/OC1CCCCO1)OCc1ccccc1. The molecule has 0 saturated carbocycles. The molecule has 1 aliphatic heterocycles. The first kappa shape index (κ1) is 31.8. The first-order chi connectivity index (χ1) is 20.5. The monoisotopic (exact) mass is 597 g/mol. The van der Waals surface area contributed by atoms with Gasteiger partial charge in [0.2, 0.25) is 6.29 Å². The van der Waals surface area contributed by atoms with Gasteiger partial charge < -0.3 is 23.8 Å². The van der Waals surface area contributed by atoms with Gasteiger partial charge in [-0.25, -0.2) is 0 Å². The Morgan fingerprint density at radius 3 is 1.95 bits per heavy atom.